The predicted molar refractivity (Wildman–Crippen MR) is 58.0 cm³/mol. The van der Waals surface area contributed by atoms with Crippen LogP contribution in [0.25, 0.3) is 0 Å². The highest BCUT2D eigenvalue weighted by Crippen LogP contribution is 2.36. The van der Waals surface area contributed by atoms with Crippen LogP contribution in [-0.2, 0) is 0 Å². The zero-order chi connectivity index (χ0) is 15.6. The first-order valence-electron chi connectivity index (χ1n) is 5.57. The van der Waals surface area contributed by atoms with E-state index < -0.39 is 30.2 Å². The molecule has 9 heteroatoms. The zero-order valence-corrected chi connectivity index (χ0v) is 10.3. The number of nitrogens with zero attached hydrogens (tertiary/aromatic N) is 1. The summed E-state index contributed by atoms with van der Waals surface area (Å²) in [6.07, 6.45) is -13.7. The molecule has 0 aliphatic heterocycles. The summed E-state index contributed by atoms with van der Waals surface area (Å²) >= 11 is 0. The molecule has 1 rings (SSSR count). The van der Waals surface area contributed by atoms with Gasteiger partial charge in [-0.1, -0.05) is 6.92 Å². The fraction of sp³-hybridized carbons (Fsp3) is 0.545. The van der Waals surface area contributed by atoms with Crippen LogP contribution in [0.15, 0.2) is 18.3 Å². The van der Waals surface area contributed by atoms with Crippen LogP contribution in [0, 0.1) is 0 Å². The van der Waals surface area contributed by atoms with E-state index in [1.54, 1.807) is 6.92 Å². The molecule has 20 heavy (non-hydrogen) atoms. The number of hydrogen-bond acceptors (Lipinski definition) is 3. The summed E-state index contributed by atoms with van der Waals surface area (Å²) in [6.45, 7) is 1.76. The molecule has 1 heterocycles. The van der Waals surface area contributed by atoms with Crippen LogP contribution in [0.4, 0.5) is 26.3 Å². The van der Waals surface area contributed by atoms with Crippen molar-refractivity contribution in [2.45, 2.75) is 37.8 Å². The molecule has 3 nitrogen and oxygen atoms in total. The maximum absolute atomic E-state index is 12.3. The Labute approximate surface area is 110 Å². The first-order chi connectivity index (χ1) is 9.05. The van der Waals surface area contributed by atoms with Gasteiger partial charge in [-0.2, -0.15) is 26.3 Å². The molecule has 0 unspecified atom stereocenters. The number of pyridine rings is 1. The van der Waals surface area contributed by atoms with E-state index in [0.29, 0.717) is 12.1 Å². The summed E-state index contributed by atoms with van der Waals surface area (Å²) in [5, 5.41) is 0. The van der Waals surface area contributed by atoms with Crippen molar-refractivity contribution >= 4 is 0 Å². The van der Waals surface area contributed by atoms with Crippen molar-refractivity contribution in [2.75, 3.05) is 0 Å². The Morgan fingerprint density at radius 1 is 1.15 bits per heavy atom. The van der Waals surface area contributed by atoms with Crippen molar-refractivity contribution in [3.63, 3.8) is 0 Å². The smallest absolute Gasteiger partial charge is 0.434 e. The molecule has 0 fully saturated rings. The lowest BCUT2D eigenvalue weighted by molar-refractivity contribution is -0.299. The van der Waals surface area contributed by atoms with Crippen molar-refractivity contribution in [1.82, 2.24) is 4.98 Å². The van der Waals surface area contributed by atoms with Gasteiger partial charge in [0, 0.05) is 6.04 Å². The highest BCUT2D eigenvalue weighted by molar-refractivity contribution is 5.22. The van der Waals surface area contributed by atoms with Gasteiger partial charge in [-0.25, -0.2) is 0 Å². The molecular formula is C11H12F6N2O. The average Bonchev–Trinajstić information content (AvgIpc) is 2.33. The number of alkyl halides is 6. The SMILES string of the molecule is CC[C@H](N)c1ccc(OC(C(F)(F)F)C(F)(F)F)cn1. The van der Waals surface area contributed by atoms with Crippen molar-refractivity contribution in [2.24, 2.45) is 5.73 Å². The van der Waals surface area contributed by atoms with Gasteiger partial charge >= 0.3 is 12.4 Å². The molecule has 0 amide bonds. The molecular weight excluding hydrogens is 290 g/mol. The minimum atomic E-state index is -5.56. The Morgan fingerprint density at radius 2 is 1.70 bits per heavy atom. The molecule has 0 saturated heterocycles. The summed E-state index contributed by atoms with van der Waals surface area (Å²) in [5.74, 6) is -0.628. The van der Waals surface area contributed by atoms with E-state index >= 15 is 0 Å². The van der Waals surface area contributed by atoms with E-state index in [9.17, 15) is 26.3 Å². The van der Waals surface area contributed by atoms with E-state index in [-0.39, 0.29) is 0 Å². The third-order valence-corrected chi connectivity index (χ3v) is 2.43. The molecule has 0 saturated carbocycles. The van der Waals surface area contributed by atoms with Gasteiger partial charge in [0.1, 0.15) is 5.75 Å². The van der Waals surface area contributed by atoms with E-state index in [2.05, 4.69) is 9.72 Å². The summed E-state index contributed by atoms with van der Waals surface area (Å²) in [5.41, 5.74) is 5.98. The molecule has 0 aliphatic carbocycles. The standard InChI is InChI=1S/C11H12F6N2O/c1-2-7(18)8-4-3-6(5-19-8)20-9(10(12,13)14)11(15,16)17/h3-5,7,9H,2,18H2,1H3/t7-/m0/s1. The molecule has 0 radical (unpaired) electrons. The van der Waals surface area contributed by atoms with Gasteiger partial charge in [0.15, 0.2) is 0 Å². The lowest BCUT2D eigenvalue weighted by Gasteiger charge is -2.23. The van der Waals surface area contributed by atoms with Gasteiger partial charge < -0.3 is 10.5 Å². The van der Waals surface area contributed by atoms with Crippen LogP contribution in [0.5, 0.6) is 5.75 Å². The van der Waals surface area contributed by atoms with Crippen LogP contribution >= 0.6 is 0 Å². The van der Waals surface area contributed by atoms with Crippen molar-refractivity contribution in [3.8, 4) is 5.75 Å². The largest absolute Gasteiger partial charge is 0.470 e. The number of nitrogens with two attached hydrogens (primary N) is 1. The summed E-state index contributed by atoms with van der Waals surface area (Å²) in [7, 11) is 0. The van der Waals surface area contributed by atoms with Crippen molar-refractivity contribution in [1.29, 1.82) is 0 Å². The Bertz CT molecular complexity index is 414. The van der Waals surface area contributed by atoms with Gasteiger partial charge in [0.05, 0.1) is 11.9 Å². The topological polar surface area (TPSA) is 48.1 Å². The van der Waals surface area contributed by atoms with E-state index in [0.717, 1.165) is 12.3 Å². The zero-order valence-electron chi connectivity index (χ0n) is 10.3. The Balaban J connectivity index is 2.90. The average molecular weight is 302 g/mol. The van der Waals surface area contributed by atoms with Gasteiger partial charge in [0.25, 0.3) is 6.10 Å². The maximum atomic E-state index is 12.3. The molecule has 1 aromatic rings. The first kappa shape index (κ1) is 16.5. The number of rotatable bonds is 4. The molecule has 2 N–H and O–H groups in total. The number of aromatic nitrogens is 1. The van der Waals surface area contributed by atoms with Gasteiger partial charge in [-0.05, 0) is 18.6 Å². The fourth-order valence-corrected chi connectivity index (χ4v) is 1.35. The molecule has 1 aromatic heterocycles. The van der Waals surface area contributed by atoms with E-state index in [1.807, 2.05) is 0 Å². The van der Waals surface area contributed by atoms with Crippen LogP contribution in [-0.4, -0.2) is 23.4 Å². The monoisotopic (exact) mass is 302 g/mol. The molecule has 1 atom stereocenters. The van der Waals surface area contributed by atoms with E-state index in [1.165, 1.54) is 6.07 Å². The minimum absolute atomic E-state index is 0.357. The van der Waals surface area contributed by atoms with Crippen LogP contribution < -0.4 is 10.5 Å². The lowest BCUT2D eigenvalue weighted by atomic mass is 10.1. The highest BCUT2D eigenvalue weighted by Gasteiger charge is 2.59. The van der Waals surface area contributed by atoms with Crippen molar-refractivity contribution in [3.05, 3.63) is 24.0 Å². The van der Waals surface area contributed by atoms with Gasteiger partial charge in [-0.15, -0.1) is 0 Å². The summed E-state index contributed by atoms with van der Waals surface area (Å²) in [4.78, 5) is 3.68. The Kier molecular flexibility index (Phi) is 4.85. The fourth-order valence-electron chi connectivity index (χ4n) is 1.35. The van der Waals surface area contributed by atoms with Crippen LogP contribution in [0.1, 0.15) is 25.1 Å². The van der Waals surface area contributed by atoms with E-state index in [4.69, 9.17) is 5.73 Å². The quantitative estimate of drug-likeness (QED) is 0.868. The maximum Gasteiger partial charge on any atom is 0.434 e. The second kappa shape index (κ2) is 5.86. The predicted octanol–water partition coefficient (Wildman–Crippen LogP) is 3.36. The van der Waals surface area contributed by atoms with Gasteiger partial charge in [0.2, 0.25) is 0 Å². The highest BCUT2D eigenvalue weighted by atomic mass is 19.4. The number of ether oxygens (including phenoxy) is 1. The number of halogens is 6. The lowest BCUT2D eigenvalue weighted by Crippen LogP contribution is -2.46. The first-order valence-corrected chi connectivity index (χ1v) is 5.57. The molecule has 0 bridgehead atoms. The molecule has 0 aliphatic rings. The third-order valence-electron chi connectivity index (χ3n) is 2.43. The molecule has 0 spiro atoms. The summed E-state index contributed by atoms with van der Waals surface area (Å²) < 4.78 is 77.6. The minimum Gasteiger partial charge on any atom is -0.470 e. The van der Waals surface area contributed by atoms with Crippen LogP contribution in [0.2, 0.25) is 0 Å². The third kappa shape index (κ3) is 4.26. The number of hydrogen-bond donors (Lipinski definition) is 1. The van der Waals surface area contributed by atoms with Crippen molar-refractivity contribution < 1.29 is 31.1 Å². The normalized spacial score (nSPS) is 14.4. The molecule has 0 aromatic carbocycles. The van der Waals surface area contributed by atoms with Gasteiger partial charge in [-0.3, -0.25) is 4.98 Å². The second-order valence-corrected chi connectivity index (χ2v) is 4.01. The Morgan fingerprint density at radius 3 is 2.05 bits per heavy atom. The second-order valence-electron chi connectivity index (χ2n) is 4.01. The summed E-state index contributed by atoms with van der Waals surface area (Å²) in [6, 6.07) is 1.76. The molecule has 114 valence electrons. The Hall–Kier alpha value is -1.51. The van der Waals surface area contributed by atoms with Crippen LogP contribution in [0.3, 0.4) is 0 Å².